The van der Waals surface area contributed by atoms with Crippen LogP contribution in [-0.2, 0) is 11.3 Å². The van der Waals surface area contributed by atoms with Crippen molar-refractivity contribution in [3.63, 3.8) is 0 Å². The molecule has 0 radical (unpaired) electrons. The summed E-state index contributed by atoms with van der Waals surface area (Å²) >= 11 is 0. The maximum atomic E-state index is 11.9. The van der Waals surface area contributed by atoms with E-state index < -0.39 is 0 Å². The number of ether oxygens (including phenoxy) is 1. The highest BCUT2D eigenvalue weighted by atomic mass is 16.5. The first kappa shape index (κ1) is 18.8. The van der Waals surface area contributed by atoms with Gasteiger partial charge in [-0.05, 0) is 36.2 Å². The van der Waals surface area contributed by atoms with E-state index in [1.165, 1.54) is 19.3 Å². The van der Waals surface area contributed by atoms with Crippen molar-refractivity contribution in [2.24, 2.45) is 0 Å². The van der Waals surface area contributed by atoms with Crippen molar-refractivity contribution in [1.29, 1.82) is 0 Å². The van der Waals surface area contributed by atoms with E-state index in [2.05, 4.69) is 17.6 Å². The fourth-order valence-corrected chi connectivity index (χ4v) is 2.43. The molecular weight excluding hydrogens is 312 g/mol. The molecule has 0 bridgehead atoms. The van der Waals surface area contributed by atoms with Crippen LogP contribution in [0.15, 0.2) is 54.6 Å². The Hall–Kier alpha value is -2.49. The lowest BCUT2D eigenvalue weighted by atomic mass is 10.2. The Bertz CT molecular complexity index is 612. The number of amides is 1. The van der Waals surface area contributed by atoms with Crippen LogP contribution >= 0.6 is 0 Å². The predicted molar refractivity (Wildman–Crippen MR) is 103 cm³/mol. The summed E-state index contributed by atoms with van der Waals surface area (Å²) in [5.74, 6) is 0.843. The zero-order valence-electron chi connectivity index (χ0n) is 15.0. The molecule has 0 heterocycles. The lowest BCUT2D eigenvalue weighted by Crippen LogP contribution is -2.29. The number of carbonyl (C=O) groups is 1. The van der Waals surface area contributed by atoms with Crippen molar-refractivity contribution in [2.45, 2.75) is 39.2 Å². The molecular formula is C21H28N2O2. The summed E-state index contributed by atoms with van der Waals surface area (Å²) in [6.45, 7) is 3.76. The Morgan fingerprint density at radius 2 is 1.72 bits per heavy atom. The predicted octanol–water partition coefficient (Wildman–Crippen LogP) is 4.37. The van der Waals surface area contributed by atoms with Crippen molar-refractivity contribution in [1.82, 2.24) is 5.32 Å². The molecule has 0 aromatic heterocycles. The number of hydrogen-bond acceptors (Lipinski definition) is 3. The highest BCUT2D eigenvalue weighted by Crippen LogP contribution is 2.16. The van der Waals surface area contributed by atoms with Crippen LogP contribution in [-0.4, -0.2) is 19.1 Å². The van der Waals surface area contributed by atoms with E-state index in [-0.39, 0.29) is 12.5 Å². The summed E-state index contributed by atoms with van der Waals surface area (Å²) < 4.78 is 5.71. The first-order valence-corrected chi connectivity index (χ1v) is 9.05. The molecule has 0 saturated heterocycles. The minimum atomic E-state index is -0.0277. The first-order chi connectivity index (χ1) is 12.3. The SMILES string of the molecule is CCCCCCOc1ccc(NCC(=O)NCc2ccccc2)cc1. The number of anilines is 1. The van der Waals surface area contributed by atoms with Gasteiger partial charge in [0.25, 0.3) is 0 Å². The Morgan fingerprint density at radius 1 is 0.960 bits per heavy atom. The summed E-state index contributed by atoms with van der Waals surface area (Å²) in [6, 6.07) is 17.6. The highest BCUT2D eigenvalue weighted by molar-refractivity contribution is 5.80. The molecule has 2 N–H and O–H groups in total. The molecule has 0 aliphatic rings. The summed E-state index contributed by atoms with van der Waals surface area (Å²) in [7, 11) is 0. The molecule has 25 heavy (non-hydrogen) atoms. The molecule has 2 aromatic rings. The van der Waals surface area contributed by atoms with Crippen molar-refractivity contribution >= 4 is 11.6 Å². The van der Waals surface area contributed by atoms with Gasteiger partial charge in [-0.3, -0.25) is 4.79 Å². The van der Waals surface area contributed by atoms with Crippen molar-refractivity contribution in [3.05, 3.63) is 60.2 Å². The summed E-state index contributed by atoms with van der Waals surface area (Å²) in [6.07, 6.45) is 4.81. The Morgan fingerprint density at radius 3 is 2.44 bits per heavy atom. The van der Waals surface area contributed by atoms with Crippen LogP contribution in [0, 0.1) is 0 Å². The van der Waals surface area contributed by atoms with Gasteiger partial charge in [-0.15, -0.1) is 0 Å². The van der Waals surface area contributed by atoms with Crippen molar-refractivity contribution < 1.29 is 9.53 Å². The quantitative estimate of drug-likeness (QED) is 0.597. The number of nitrogens with one attached hydrogen (secondary N) is 2. The van der Waals surface area contributed by atoms with Crippen molar-refractivity contribution in [2.75, 3.05) is 18.5 Å². The molecule has 4 heteroatoms. The first-order valence-electron chi connectivity index (χ1n) is 9.05. The van der Waals surface area contributed by atoms with Crippen LogP contribution in [0.3, 0.4) is 0 Å². The van der Waals surface area contributed by atoms with Gasteiger partial charge in [0.15, 0.2) is 0 Å². The van der Waals surface area contributed by atoms with Crippen LogP contribution in [0.4, 0.5) is 5.69 Å². The van der Waals surface area contributed by atoms with E-state index in [0.29, 0.717) is 6.54 Å². The molecule has 1 amide bonds. The van der Waals surface area contributed by atoms with E-state index in [4.69, 9.17) is 4.74 Å². The van der Waals surface area contributed by atoms with Gasteiger partial charge < -0.3 is 15.4 Å². The molecule has 0 atom stereocenters. The fraction of sp³-hybridized carbons (Fsp3) is 0.381. The third-order valence-corrected chi connectivity index (χ3v) is 3.91. The summed E-state index contributed by atoms with van der Waals surface area (Å²) in [5, 5.41) is 6.02. The van der Waals surface area contributed by atoms with E-state index >= 15 is 0 Å². The number of hydrogen-bond donors (Lipinski definition) is 2. The third-order valence-electron chi connectivity index (χ3n) is 3.91. The Labute approximate surface area is 150 Å². The van der Waals surface area contributed by atoms with E-state index in [1.54, 1.807) is 0 Å². The van der Waals surface area contributed by atoms with Gasteiger partial charge in [0.1, 0.15) is 5.75 Å². The Kier molecular flexibility index (Phi) is 8.39. The topological polar surface area (TPSA) is 50.4 Å². The normalized spacial score (nSPS) is 10.3. The molecule has 0 aliphatic heterocycles. The van der Waals surface area contributed by atoms with Gasteiger partial charge in [0, 0.05) is 12.2 Å². The number of rotatable bonds is 11. The largest absolute Gasteiger partial charge is 0.494 e. The van der Waals surface area contributed by atoms with E-state index in [9.17, 15) is 4.79 Å². The molecule has 0 aliphatic carbocycles. The highest BCUT2D eigenvalue weighted by Gasteiger charge is 2.02. The monoisotopic (exact) mass is 340 g/mol. The molecule has 2 rings (SSSR count). The zero-order valence-corrected chi connectivity index (χ0v) is 15.0. The second-order valence-electron chi connectivity index (χ2n) is 6.05. The second-order valence-corrected chi connectivity index (χ2v) is 6.05. The minimum Gasteiger partial charge on any atom is -0.494 e. The average Bonchev–Trinajstić information content (AvgIpc) is 2.66. The molecule has 4 nitrogen and oxygen atoms in total. The molecule has 134 valence electrons. The van der Waals surface area contributed by atoms with Gasteiger partial charge in [-0.25, -0.2) is 0 Å². The van der Waals surface area contributed by atoms with Gasteiger partial charge in [-0.2, -0.15) is 0 Å². The number of carbonyl (C=O) groups excluding carboxylic acids is 1. The molecule has 0 fully saturated rings. The summed E-state index contributed by atoms with van der Waals surface area (Å²) in [4.78, 5) is 11.9. The third kappa shape index (κ3) is 7.75. The Balaban J connectivity index is 1.64. The molecule has 0 unspecified atom stereocenters. The van der Waals surface area contributed by atoms with Crippen LogP contribution in [0.25, 0.3) is 0 Å². The lowest BCUT2D eigenvalue weighted by Gasteiger charge is -2.09. The number of unbranched alkanes of at least 4 members (excludes halogenated alkanes) is 3. The average molecular weight is 340 g/mol. The molecule has 0 spiro atoms. The van der Waals surface area contributed by atoms with E-state index in [0.717, 1.165) is 30.0 Å². The molecule has 2 aromatic carbocycles. The van der Waals surface area contributed by atoms with Crippen LogP contribution in [0.2, 0.25) is 0 Å². The van der Waals surface area contributed by atoms with E-state index in [1.807, 2.05) is 54.6 Å². The lowest BCUT2D eigenvalue weighted by molar-refractivity contribution is -0.119. The smallest absolute Gasteiger partial charge is 0.239 e. The standard InChI is InChI=1S/C21H28N2O2/c1-2-3-4-8-15-25-20-13-11-19(12-14-20)22-17-21(24)23-16-18-9-6-5-7-10-18/h5-7,9-14,22H,2-4,8,15-17H2,1H3,(H,23,24). The maximum Gasteiger partial charge on any atom is 0.239 e. The van der Waals surface area contributed by atoms with Gasteiger partial charge in [0.05, 0.1) is 13.2 Å². The van der Waals surface area contributed by atoms with Gasteiger partial charge in [0.2, 0.25) is 5.91 Å². The second kappa shape index (κ2) is 11.1. The van der Waals surface area contributed by atoms with Crippen molar-refractivity contribution in [3.8, 4) is 5.75 Å². The maximum absolute atomic E-state index is 11.9. The fourth-order valence-electron chi connectivity index (χ4n) is 2.43. The van der Waals surface area contributed by atoms with Crippen LogP contribution in [0.5, 0.6) is 5.75 Å². The minimum absolute atomic E-state index is 0.0277. The van der Waals surface area contributed by atoms with Gasteiger partial charge >= 0.3 is 0 Å². The summed E-state index contributed by atoms with van der Waals surface area (Å²) in [5.41, 5.74) is 2.00. The van der Waals surface area contributed by atoms with Gasteiger partial charge in [-0.1, -0.05) is 56.5 Å². The molecule has 0 saturated carbocycles. The zero-order chi connectivity index (χ0) is 17.7. The number of benzene rings is 2. The van der Waals surface area contributed by atoms with Crippen LogP contribution in [0.1, 0.15) is 38.2 Å². The van der Waals surface area contributed by atoms with Crippen LogP contribution < -0.4 is 15.4 Å².